The smallest absolute Gasteiger partial charge is 0.157 e. The van der Waals surface area contributed by atoms with Crippen LogP contribution in [-0.4, -0.2) is 29.4 Å². The summed E-state index contributed by atoms with van der Waals surface area (Å²) in [6.45, 7) is 4.15. The van der Waals surface area contributed by atoms with Crippen molar-refractivity contribution in [3.05, 3.63) is 41.6 Å². The van der Waals surface area contributed by atoms with E-state index in [4.69, 9.17) is 5.10 Å². The number of piperidine rings is 1. The Hall–Kier alpha value is -1.85. The fourth-order valence-electron chi connectivity index (χ4n) is 3.49. The molecule has 116 valence electrons. The molecular weight excluding hydrogens is 274 g/mol. The number of nitrogens with one attached hydrogen (secondary N) is 3. The van der Waals surface area contributed by atoms with Gasteiger partial charge in [0, 0.05) is 36.5 Å². The van der Waals surface area contributed by atoms with Crippen molar-refractivity contribution in [2.45, 2.75) is 31.8 Å². The average Bonchev–Trinajstić information content (AvgIpc) is 2.96. The van der Waals surface area contributed by atoms with E-state index in [1.165, 1.54) is 24.1 Å². The highest BCUT2D eigenvalue weighted by Gasteiger charge is 2.25. The first-order valence-electron chi connectivity index (χ1n) is 8.25. The molecule has 4 rings (SSSR count). The number of aromatic nitrogens is 2. The highest BCUT2D eigenvalue weighted by molar-refractivity contribution is 5.60. The first kappa shape index (κ1) is 13.8. The van der Waals surface area contributed by atoms with Crippen LogP contribution in [-0.2, 0) is 13.0 Å². The molecular formula is C17H23N5. The minimum absolute atomic E-state index is 0.541. The lowest BCUT2D eigenvalue weighted by Crippen LogP contribution is -2.32. The average molecular weight is 297 g/mol. The Morgan fingerprint density at radius 3 is 2.68 bits per heavy atom. The molecule has 1 aromatic heterocycles. The molecule has 0 aliphatic carbocycles. The normalized spacial score (nSPS) is 18.9. The molecule has 0 amide bonds. The Morgan fingerprint density at radius 2 is 1.86 bits per heavy atom. The summed E-state index contributed by atoms with van der Waals surface area (Å²) in [5, 5.41) is 15.4. The van der Waals surface area contributed by atoms with Gasteiger partial charge in [0.1, 0.15) is 0 Å². The van der Waals surface area contributed by atoms with Crippen LogP contribution < -0.4 is 16.0 Å². The first-order valence-corrected chi connectivity index (χ1v) is 8.25. The SMILES string of the molecule is c1ccc(Nc2nn(C3CCNCC3)c3c2CNCC3)cc1. The monoisotopic (exact) mass is 297 g/mol. The van der Waals surface area contributed by atoms with Crippen molar-refractivity contribution >= 4 is 11.5 Å². The van der Waals surface area contributed by atoms with E-state index in [0.29, 0.717) is 6.04 Å². The summed E-state index contributed by atoms with van der Waals surface area (Å²) >= 11 is 0. The van der Waals surface area contributed by atoms with Crippen LogP contribution in [0, 0.1) is 0 Å². The maximum Gasteiger partial charge on any atom is 0.157 e. The Bertz CT molecular complexity index is 628. The Balaban J connectivity index is 1.67. The third-order valence-electron chi connectivity index (χ3n) is 4.65. The van der Waals surface area contributed by atoms with E-state index >= 15 is 0 Å². The van der Waals surface area contributed by atoms with Crippen LogP contribution in [0.2, 0.25) is 0 Å². The Morgan fingerprint density at radius 1 is 1.05 bits per heavy atom. The molecule has 0 radical (unpaired) electrons. The van der Waals surface area contributed by atoms with E-state index in [9.17, 15) is 0 Å². The summed E-state index contributed by atoms with van der Waals surface area (Å²) in [5.41, 5.74) is 3.86. The van der Waals surface area contributed by atoms with Crippen molar-refractivity contribution < 1.29 is 0 Å². The molecule has 5 nitrogen and oxygen atoms in total. The van der Waals surface area contributed by atoms with Gasteiger partial charge in [-0.2, -0.15) is 5.10 Å². The van der Waals surface area contributed by atoms with E-state index in [-0.39, 0.29) is 0 Å². The quantitative estimate of drug-likeness (QED) is 0.813. The van der Waals surface area contributed by atoms with E-state index in [1.807, 2.05) is 6.07 Å². The second kappa shape index (κ2) is 6.10. The molecule has 1 saturated heterocycles. The number of nitrogens with zero attached hydrogens (tertiary/aromatic N) is 2. The zero-order valence-electron chi connectivity index (χ0n) is 12.8. The minimum atomic E-state index is 0.541. The third-order valence-corrected chi connectivity index (χ3v) is 4.65. The molecule has 1 aromatic carbocycles. The van der Waals surface area contributed by atoms with E-state index < -0.39 is 0 Å². The predicted molar refractivity (Wildman–Crippen MR) is 88.5 cm³/mol. The number of anilines is 2. The predicted octanol–water partition coefficient (Wildman–Crippen LogP) is 2.20. The lowest BCUT2D eigenvalue weighted by atomic mass is 10.0. The minimum Gasteiger partial charge on any atom is -0.338 e. The van der Waals surface area contributed by atoms with Crippen LogP contribution in [0.3, 0.4) is 0 Å². The molecule has 0 atom stereocenters. The van der Waals surface area contributed by atoms with Gasteiger partial charge in [0.25, 0.3) is 0 Å². The van der Waals surface area contributed by atoms with Gasteiger partial charge in [-0.25, -0.2) is 0 Å². The van der Waals surface area contributed by atoms with Crippen molar-refractivity contribution in [1.29, 1.82) is 0 Å². The maximum absolute atomic E-state index is 4.95. The van der Waals surface area contributed by atoms with Crippen molar-refractivity contribution in [2.75, 3.05) is 25.0 Å². The maximum atomic E-state index is 4.95. The summed E-state index contributed by atoms with van der Waals surface area (Å²) in [5.74, 6) is 1.02. The molecule has 0 saturated carbocycles. The van der Waals surface area contributed by atoms with Gasteiger partial charge < -0.3 is 16.0 Å². The number of hydrogen-bond acceptors (Lipinski definition) is 4. The largest absolute Gasteiger partial charge is 0.338 e. The van der Waals surface area contributed by atoms with Crippen LogP contribution in [0.4, 0.5) is 11.5 Å². The highest BCUT2D eigenvalue weighted by Crippen LogP contribution is 2.30. The molecule has 2 aliphatic heterocycles. The van der Waals surface area contributed by atoms with Gasteiger partial charge in [0.15, 0.2) is 5.82 Å². The Labute approximate surface area is 131 Å². The first-order chi connectivity index (χ1) is 10.9. The standard InChI is InChI=1S/C17H23N5/c1-2-4-13(5-3-1)20-17-15-12-19-11-8-16(15)22(21-17)14-6-9-18-10-7-14/h1-5,14,18-19H,6-12H2,(H,20,21). The van der Waals surface area contributed by atoms with Gasteiger partial charge in [-0.3, -0.25) is 4.68 Å². The third kappa shape index (κ3) is 2.62. The molecule has 2 aliphatic rings. The van der Waals surface area contributed by atoms with Gasteiger partial charge in [-0.1, -0.05) is 18.2 Å². The number of rotatable bonds is 3. The van der Waals surface area contributed by atoms with Crippen LogP contribution in [0.25, 0.3) is 0 Å². The molecule has 2 aromatic rings. The van der Waals surface area contributed by atoms with Crippen molar-refractivity contribution in [1.82, 2.24) is 20.4 Å². The summed E-state index contributed by atoms with van der Waals surface area (Å²) < 4.78 is 2.31. The van der Waals surface area contributed by atoms with Crippen LogP contribution in [0.15, 0.2) is 30.3 Å². The molecule has 3 heterocycles. The van der Waals surface area contributed by atoms with Crippen molar-refractivity contribution in [3.63, 3.8) is 0 Å². The highest BCUT2D eigenvalue weighted by atomic mass is 15.3. The second-order valence-corrected chi connectivity index (χ2v) is 6.12. The van der Waals surface area contributed by atoms with Crippen LogP contribution >= 0.6 is 0 Å². The van der Waals surface area contributed by atoms with E-state index in [0.717, 1.165) is 44.1 Å². The van der Waals surface area contributed by atoms with Crippen molar-refractivity contribution in [3.8, 4) is 0 Å². The van der Waals surface area contributed by atoms with Crippen LogP contribution in [0.5, 0.6) is 0 Å². The number of benzene rings is 1. The molecule has 1 fully saturated rings. The number of hydrogen-bond donors (Lipinski definition) is 3. The molecule has 0 spiro atoms. The fraction of sp³-hybridized carbons (Fsp3) is 0.471. The van der Waals surface area contributed by atoms with Crippen molar-refractivity contribution in [2.24, 2.45) is 0 Å². The lowest BCUT2D eigenvalue weighted by Gasteiger charge is -2.26. The molecule has 0 bridgehead atoms. The fourth-order valence-corrected chi connectivity index (χ4v) is 3.49. The molecule has 3 N–H and O–H groups in total. The summed E-state index contributed by atoms with van der Waals surface area (Å²) in [7, 11) is 0. The summed E-state index contributed by atoms with van der Waals surface area (Å²) in [6.07, 6.45) is 3.42. The number of fused-ring (bicyclic) bond motifs is 1. The van der Waals surface area contributed by atoms with Crippen LogP contribution in [0.1, 0.15) is 30.1 Å². The molecule has 0 unspecified atom stereocenters. The zero-order valence-corrected chi connectivity index (χ0v) is 12.8. The van der Waals surface area contributed by atoms with Gasteiger partial charge in [-0.15, -0.1) is 0 Å². The van der Waals surface area contributed by atoms with Gasteiger partial charge in [0.05, 0.1) is 6.04 Å². The summed E-state index contributed by atoms with van der Waals surface area (Å²) in [6, 6.07) is 10.9. The van der Waals surface area contributed by atoms with Gasteiger partial charge >= 0.3 is 0 Å². The second-order valence-electron chi connectivity index (χ2n) is 6.12. The summed E-state index contributed by atoms with van der Waals surface area (Å²) in [4.78, 5) is 0. The van der Waals surface area contributed by atoms with Gasteiger partial charge in [-0.05, 0) is 38.1 Å². The zero-order chi connectivity index (χ0) is 14.8. The molecule has 5 heteroatoms. The van der Waals surface area contributed by atoms with E-state index in [1.54, 1.807) is 0 Å². The number of para-hydroxylation sites is 1. The Kier molecular flexibility index (Phi) is 3.83. The van der Waals surface area contributed by atoms with E-state index in [2.05, 4.69) is 44.9 Å². The lowest BCUT2D eigenvalue weighted by molar-refractivity contribution is 0.333. The molecule has 22 heavy (non-hydrogen) atoms. The topological polar surface area (TPSA) is 53.9 Å². The van der Waals surface area contributed by atoms with Gasteiger partial charge in [0.2, 0.25) is 0 Å².